The first-order chi connectivity index (χ1) is 11.5. The van der Waals surface area contributed by atoms with Gasteiger partial charge in [-0.05, 0) is 24.3 Å². The number of ether oxygens (including phenoxy) is 1. The lowest BCUT2D eigenvalue weighted by Crippen LogP contribution is -1.99. The zero-order valence-corrected chi connectivity index (χ0v) is 13.2. The van der Waals surface area contributed by atoms with Crippen LogP contribution in [-0.2, 0) is 4.74 Å². The second kappa shape index (κ2) is 6.46. The zero-order chi connectivity index (χ0) is 17.3. The molecule has 0 atom stereocenters. The highest BCUT2D eigenvalue weighted by molar-refractivity contribution is 7.14. The number of hydrogen-bond acceptors (Lipinski definition) is 7. The maximum atomic E-state index is 12.1. The Morgan fingerprint density at radius 3 is 2.29 bits per heavy atom. The molecular formula is C15H12N2O6S. The van der Waals surface area contributed by atoms with Crippen LogP contribution >= 0.6 is 11.3 Å². The van der Waals surface area contributed by atoms with E-state index in [-0.39, 0.29) is 11.1 Å². The van der Waals surface area contributed by atoms with Crippen molar-refractivity contribution in [2.45, 2.75) is 12.8 Å². The molecule has 0 amide bonds. The Morgan fingerprint density at radius 1 is 1.04 bits per heavy atom. The highest BCUT2D eigenvalue weighted by Gasteiger charge is 2.36. The molecule has 24 heavy (non-hydrogen) atoms. The molecule has 1 aromatic heterocycles. The van der Waals surface area contributed by atoms with Crippen LogP contribution < -0.4 is 0 Å². The average molecular weight is 348 g/mol. The number of carbonyl (C=O) groups is 1. The molecule has 2 aliphatic rings. The number of fused-ring (bicyclic) bond motifs is 3. The van der Waals surface area contributed by atoms with E-state index >= 15 is 0 Å². The Labute approximate surface area is 140 Å². The van der Waals surface area contributed by atoms with Crippen molar-refractivity contribution in [1.82, 2.24) is 0 Å². The van der Waals surface area contributed by atoms with Gasteiger partial charge in [0, 0.05) is 30.4 Å². The first kappa shape index (κ1) is 16.2. The third-order valence-electron chi connectivity index (χ3n) is 3.72. The standard InChI is InChI=1S/C11H4N2O5S.C4H8O/c14-10-6-1-2-19-11(6)9-7(10)3-5(12(15)16)4-8(9)13(17)18;1-2-4-5-3-1/h1-4H;1-4H2. The lowest BCUT2D eigenvalue weighted by Gasteiger charge is -2.00. The van der Waals surface area contributed by atoms with Gasteiger partial charge in [-0.2, -0.15) is 0 Å². The number of thiophene rings is 1. The summed E-state index contributed by atoms with van der Waals surface area (Å²) in [4.78, 5) is 32.9. The van der Waals surface area contributed by atoms with E-state index < -0.39 is 27.0 Å². The zero-order valence-electron chi connectivity index (χ0n) is 12.4. The number of benzene rings is 1. The molecule has 0 radical (unpaired) electrons. The van der Waals surface area contributed by atoms with Crippen LogP contribution in [0, 0.1) is 20.2 Å². The molecule has 1 saturated heterocycles. The fourth-order valence-electron chi connectivity index (χ4n) is 2.62. The summed E-state index contributed by atoms with van der Waals surface area (Å²) in [6.07, 6.45) is 2.56. The van der Waals surface area contributed by atoms with Crippen LogP contribution in [0.5, 0.6) is 0 Å². The summed E-state index contributed by atoms with van der Waals surface area (Å²) in [5.41, 5.74) is -0.273. The number of nitro groups is 2. The normalized spacial score (nSPS) is 14.6. The minimum Gasteiger partial charge on any atom is -0.381 e. The van der Waals surface area contributed by atoms with Gasteiger partial charge in [-0.15, -0.1) is 11.3 Å². The van der Waals surface area contributed by atoms with Gasteiger partial charge in [0.1, 0.15) is 0 Å². The van der Waals surface area contributed by atoms with Gasteiger partial charge < -0.3 is 4.74 Å². The van der Waals surface area contributed by atoms with Gasteiger partial charge in [0.15, 0.2) is 5.78 Å². The Bertz CT molecular complexity index is 833. The number of rotatable bonds is 2. The molecule has 1 aliphatic carbocycles. The molecule has 0 N–H and O–H groups in total. The second-order valence-corrected chi connectivity index (χ2v) is 6.13. The quantitative estimate of drug-likeness (QED) is 0.517. The minimum atomic E-state index is -0.743. The number of nitro benzene ring substituents is 2. The highest BCUT2D eigenvalue weighted by atomic mass is 32.1. The summed E-state index contributed by atoms with van der Waals surface area (Å²) in [6.45, 7) is 2.00. The van der Waals surface area contributed by atoms with Crippen molar-refractivity contribution < 1.29 is 19.4 Å². The van der Waals surface area contributed by atoms with Gasteiger partial charge in [-0.1, -0.05) is 0 Å². The Morgan fingerprint density at radius 2 is 1.75 bits per heavy atom. The largest absolute Gasteiger partial charge is 0.381 e. The maximum Gasteiger partial charge on any atom is 0.285 e. The van der Waals surface area contributed by atoms with Crippen LogP contribution in [-0.4, -0.2) is 28.8 Å². The predicted molar refractivity (Wildman–Crippen MR) is 86.5 cm³/mol. The maximum absolute atomic E-state index is 12.1. The molecule has 9 heteroatoms. The van der Waals surface area contributed by atoms with Crippen LogP contribution in [0.4, 0.5) is 11.4 Å². The van der Waals surface area contributed by atoms with Crippen molar-refractivity contribution in [3.63, 3.8) is 0 Å². The molecule has 0 bridgehead atoms. The molecule has 0 saturated carbocycles. The summed E-state index contributed by atoms with van der Waals surface area (Å²) in [5, 5.41) is 23.5. The molecule has 4 rings (SSSR count). The van der Waals surface area contributed by atoms with Gasteiger partial charge in [-0.25, -0.2) is 0 Å². The molecule has 0 unspecified atom stereocenters. The minimum absolute atomic E-state index is 0.0303. The molecule has 0 spiro atoms. The summed E-state index contributed by atoms with van der Waals surface area (Å²) >= 11 is 1.21. The summed E-state index contributed by atoms with van der Waals surface area (Å²) < 4.78 is 4.94. The van der Waals surface area contributed by atoms with Crippen molar-refractivity contribution in [1.29, 1.82) is 0 Å². The van der Waals surface area contributed by atoms with E-state index in [4.69, 9.17) is 4.74 Å². The fraction of sp³-hybridized carbons (Fsp3) is 0.267. The molecule has 1 fully saturated rings. The van der Waals surface area contributed by atoms with E-state index in [2.05, 4.69) is 0 Å². The molecule has 1 aliphatic heterocycles. The van der Waals surface area contributed by atoms with E-state index in [1.165, 1.54) is 24.2 Å². The van der Waals surface area contributed by atoms with Crippen LogP contribution in [0.1, 0.15) is 28.8 Å². The van der Waals surface area contributed by atoms with E-state index in [0.29, 0.717) is 10.4 Å². The van der Waals surface area contributed by atoms with Gasteiger partial charge in [0.05, 0.1) is 26.4 Å². The first-order valence-electron chi connectivity index (χ1n) is 7.18. The molecular weight excluding hydrogens is 336 g/mol. The van der Waals surface area contributed by atoms with E-state index in [1.807, 2.05) is 0 Å². The number of non-ortho nitro benzene ring substituents is 1. The van der Waals surface area contributed by atoms with Crippen molar-refractivity contribution in [3.8, 4) is 10.4 Å². The summed E-state index contributed by atoms with van der Waals surface area (Å²) in [5.74, 6) is -0.405. The number of ketones is 1. The van der Waals surface area contributed by atoms with Crippen LogP contribution in [0.2, 0.25) is 0 Å². The number of carbonyl (C=O) groups excluding carboxylic acids is 1. The third kappa shape index (κ3) is 2.79. The lowest BCUT2D eigenvalue weighted by atomic mass is 10.1. The lowest BCUT2D eigenvalue weighted by molar-refractivity contribution is -0.393. The Kier molecular flexibility index (Phi) is 4.36. The molecule has 2 heterocycles. The second-order valence-electron chi connectivity index (χ2n) is 5.21. The topological polar surface area (TPSA) is 113 Å². The van der Waals surface area contributed by atoms with Crippen LogP contribution in [0.3, 0.4) is 0 Å². The number of hydrogen-bond donors (Lipinski definition) is 0. The SMILES string of the molecule is C1CCOC1.O=C1c2ccsc2-c2c1cc([N+](=O)[O-])cc2[N+](=O)[O-]. The summed E-state index contributed by atoms with van der Waals surface area (Å²) in [6, 6.07) is 3.55. The smallest absolute Gasteiger partial charge is 0.285 e. The van der Waals surface area contributed by atoms with Gasteiger partial charge in [0.2, 0.25) is 0 Å². The molecule has 2 aromatic rings. The van der Waals surface area contributed by atoms with Crippen LogP contribution in [0.15, 0.2) is 23.6 Å². The van der Waals surface area contributed by atoms with Crippen molar-refractivity contribution >= 4 is 28.5 Å². The molecule has 8 nitrogen and oxygen atoms in total. The van der Waals surface area contributed by atoms with Crippen LogP contribution in [0.25, 0.3) is 10.4 Å². The number of nitrogens with zero attached hydrogens (tertiary/aromatic N) is 2. The van der Waals surface area contributed by atoms with Crippen molar-refractivity contribution in [2.24, 2.45) is 0 Å². The van der Waals surface area contributed by atoms with Gasteiger partial charge in [-0.3, -0.25) is 25.0 Å². The Hall–Kier alpha value is -2.65. The average Bonchev–Trinajstić information content (AvgIpc) is 3.28. The monoisotopic (exact) mass is 348 g/mol. The fourth-order valence-corrected chi connectivity index (χ4v) is 3.58. The third-order valence-corrected chi connectivity index (χ3v) is 4.65. The predicted octanol–water partition coefficient (Wildman–Crippen LogP) is 3.57. The van der Waals surface area contributed by atoms with Crippen molar-refractivity contribution in [3.05, 3.63) is 54.9 Å². The first-order valence-corrected chi connectivity index (χ1v) is 8.06. The Balaban J connectivity index is 0.000000290. The molecule has 1 aromatic carbocycles. The van der Waals surface area contributed by atoms with E-state index in [1.54, 1.807) is 11.4 Å². The van der Waals surface area contributed by atoms with Gasteiger partial charge >= 0.3 is 0 Å². The van der Waals surface area contributed by atoms with Gasteiger partial charge in [0.25, 0.3) is 11.4 Å². The molecule has 124 valence electrons. The summed E-state index contributed by atoms with van der Waals surface area (Å²) in [7, 11) is 0. The van der Waals surface area contributed by atoms with E-state index in [9.17, 15) is 25.0 Å². The highest BCUT2D eigenvalue weighted by Crippen LogP contribution is 2.46. The van der Waals surface area contributed by atoms with Crippen molar-refractivity contribution in [2.75, 3.05) is 13.2 Å². The van der Waals surface area contributed by atoms with E-state index in [0.717, 1.165) is 25.3 Å².